The maximum atomic E-state index is 5.40. The maximum Gasteiger partial charge on any atom is 0.0556 e. The lowest BCUT2D eigenvalue weighted by Gasteiger charge is -2.04. The van der Waals surface area contributed by atoms with Crippen molar-refractivity contribution in [3.63, 3.8) is 0 Å². The van der Waals surface area contributed by atoms with Crippen LogP contribution in [0.4, 0.5) is 0 Å². The minimum atomic E-state index is 0.819. The molecule has 0 aromatic heterocycles. The third-order valence-corrected chi connectivity index (χ3v) is 2.08. The molecular formula is C9H20OS. The van der Waals surface area contributed by atoms with Crippen molar-refractivity contribution in [2.24, 2.45) is 5.92 Å². The van der Waals surface area contributed by atoms with Gasteiger partial charge in [0, 0.05) is 12.4 Å². The first kappa shape index (κ1) is 11.3. The molecule has 1 nitrogen and oxygen atoms in total. The van der Waals surface area contributed by atoms with Crippen molar-refractivity contribution >= 4 is 11.8 Å². The van der Waals surface area contributed by atoms with E-state index in [9.17, 15) is 0 Å². The summed E-state index contributed by atoms with van der Waals surface area (Å²) < 4.78 is 5.40. The fourth-order valence-electron chi connectivity index (χ4n) is 0.838. The highest BCUT2D eigenvalue weighted by Gasteiger charge is 1.93. The molecular weight excluding hydrogens is 156 g/mol. The summed E-state index contributed by atoms with van der Waals surface area (Å²) in [4.78, 5) is 0. The Balaban J connectivity index is 2.80. The molecule has 0 rings (SSSR count). The SMILES string of the molecule is CSCCOCCCC(C)C. The van der Waals surface area contributed by atoms with Crippen molar-refractivity contribution in [2.45, 2.75) is 26.7 Å². The molecule has 0 aliphatic heterocycles. The van der Waals surface area contributed by atoms with E-state index < -0.39 is 0 Å². The summed E-state index contributed by atoms with van der Waals surface area (Å²) in [6, 6.07) is 0. The molecule has 0 radical (unpaired) electrons. The van der Waals surface area contributed by atoms with Gasteiger partial charge in [0.2, 0.25) is 0 Å². The smallest absolute Gasteiger partial charge is 0.0556 e. The molecule has 0 unspecified atom stereocenters. The van der Waals surface area contributed by atoms with Crippen LogP contribution >= 0.6 is 11.8 Å². The van der Waals surface area contributed by atoms with Gasteiger partial charge in [-0.2, -0.15) is 11.8 Å². The molecule has 0 heterocycles. The van der Waals surface area contributed by atoms with Crippen LogP contribution in [0.2, 0.25) is 0 Å². The van der Waals surface area contributed by atoms with Gasteiger partial charge < -0.3 is 4.74 Å². The Morgan fingerprint density at radius 1 is 1.27 bits per heavy atom. The van der Waals surface area contributed by atoms with E-state index >= 15 is 0 Å². The van der Waals surface area contributed by atoms with Gasteiger partial charge in [0.15, 0.2) is 0 Å². The highest BCUT2D eigenvalue weighted by Crippen LogP contribution is 2.03. The van der Waals surface area contributed by atoms with E-state index in [0.717, 1.165) is 24.9 Å². The largest absolute Gasteiger partial charge is 0.381 e. The minimum absolute atomic E-state index is 0.819. The molecule has 0 saturated carbocycles. The zero-order valence-corrected chi connectivity index (χ0v) is 8.75. The summed E-state index contributed by atoms with van der Waals surface area (Å²) in [7, 11) is 0. The molecule has 0 fully saturated rings. The van der Waals surface area contributed by atoms with E-state index in [-0.39, 0.29) is 0 Å². The first-order valence-corrected chi connectivity index (χ1v) is 5.73. The Hall–Kier alpha value is 0.310. The first-order chi connectivity index (χ1) is 5.27. The summed E-state index contributed by atoms with van der Waals surface area (Å²) in [6.07, 6.45) is 4.61. The number of thioether (sulfide) groups is 1. The van der Waals surface area contributed by atoms with Crippen LogP contribution < -0.4 is 0 Å². The molecule has 0 aromatic carbocycles. The van der Waals surface area contributed by atoms with Crippen LogP contribution in [0.3, 0.4) is 0 Å². The fraction of sp³-hybridized carbons (Fsp3) is 1.00. The van der Waals surface area contributed by atoms with Crippen LogP contribution in [-0.4, -0.2) is 25.2 Å². The second-order valence-electron chi connectivity index (χ2n) is 3.14. The molecule has 0 aromatic rings. The van der Waals surface area contributed by atoms with Gasteiger partial charge in [-0.05, 0) is 25.0 Å². The van der Waals surface area contributed by atoms with E-state index in [4.69, 9.17) is 4.74 Å². The van der Waals surface area contributed by atoms with Crippen LogP contribution in [0.5, 0.6) is 0 Å². The zero-order valence-electron chi connectivity index (χ0n) is 7.93. The Labute approximate surface area is 74.9 Å². The topological polar surface area (TPSA) is 9.23 Å². The summed E-state index contributed by atoms with van der Waals surface area (Å²) >= 11 is 1.84. The first-order valence-electron chi connectivity index (χ1n) is 4.34. The number of ether oxygens (including phenoxy) is 1. The van der Waals surface area contributed by atoms with Gasteiger partial charge in [-0.15, -0.1) is 0 Å². The Kier molecular flexibility index (Phi) is 8.64. The van der Waals surface area contributed by atoms with Gasteiger partial charge in [0.05, 0.1) is 6.61 Å². The standard InChI is InChI=1S/C9H20OS/c1-9(2)5-4-6-10-7-8-11-3/h9H,4-8H2,1-3H3. The third-order valence-electron chi connectivity index (χ3n) is 1.50. The summed E-state index contributed by atoms with van der Waals surface area (Å²) in [6.45, 7) is 6.36. The average Bonchev–Trinajstić information content (AvgIpc) is 1.96. The Bertz CT molecular complexity index is 74.0. The van der Waals surface area contributed by atoms with Crippen molar-refractivity contribution in [3.8, 4) is 0 Å². The molecule has 0 aliphatic carbocycles. The average molecular weight is 176 g/mol. The van der Waals surface area contributed by atoms with Crippen LogP contribution in [0.1, 0.15) is 26.7 Å². The molecule has 0 atom stereocenters. The minimum Gasteiger partial charge on any atom is -0.381 e. The van der Waals surface area contributed by atoms with Gasteiger partial charge >= 0.3 is 0 Å². The van der Waals surface area contributed by atoms with Crippen molar-refractivity contribution < 1.29 is 4.74 Å². The number of rotatable bonds is 7. The summed E-state index contributed by atoms with van der Waals surface area (Å²) in [5.41, 5.74) is 0. The van der Waals surface area contributed by atoms with Crippen molar-refractivity contribution in [1.29, 1.82) is 0 Å². The maximum absolute atomic E-state index is 5.40. The molecule has 0 N–H and O–H groups in total. The molecule has 68 valence electrons. The van der Waals surface area contributed by atoms with Gasteiger partial charge in [0.1, 0.15) is 0 Å². The molecule has 0 amide bonds. The van der Waals surface area contributed by atoms with Gasteiger partial charge in [-0.25, -0.2) is 0 Å². The molecule has 2 heteroatoms. The van der Waals surface area contributed by atoms with E-state index in [1.165, 1.54) is 12.8 Å². The molecule has 0 aliphatic rings. The van der Waals surface area contributed by atoms with Crippen molar-refractivity contribution in [2.75, 3.05) is 25.2 Å². The lowest BCUT2D eigenvalue weighted by Crippen LogP contribution is -2.00. The molecule has 0 bridgehead atoms. The quantitative estimate of drug-likeness (QED) is 0.552. The van der Waals surface area contributed by atoms with Crippen molar-refractivity contribution in [1.82, 2.24) is 0 Å². The molecule has 0 saturated heterocycles. The third kappa shape index (κ3) is 10.3. The van der Waals surface area contributed by atoms with E-state index in [1.807, 2.05) is 11.8 Å². The fourth-order valence-corrected chi connectivity index (χ4v) is 1.12. The second kappa shape index (κ2) is 8.41. The zero-order chi connectivity index (χ0) is 8.53. The number of hydrogen-bond acceptors (Lipinski definition) is 2. The summed E-state index contributed by atoms with van der Waals surface area (Å²) in [5, 5.41) is 0. The van der Waals surface area contributed by atoms with Gasteiger partial charge in [-0.1, -0.05) is 13.8 Å². The van der Waals surface area contributed by atoms with Crippen LogP contribution in [0.15, 0.2) is 0 Å². The Morgan fingerprint density at radius 2 is 2.00 bits per heavy atom. The second-order valence-corrected chi connectivity index (χ2v) is 4.13. The predicted molar refractivity (Wildman–Crippen MR) is 53.3 cm³/mol. The highest BCUT2D eigenvalue weighted by atomic mass is 32.2. The lowest BCUT2D eigenvalue weighted by atomic mass is 10.1. The van der Waals surface area contributed by atoms with Crippen LogP contribution in [-0.2, 0) is 4.74 Å². The Morgan fingerprint density at radius 3 is 2.55 bits per heavy atom. The van der Waals surface area contributed by atoms with Crippen molar-refractivity contribution in [3.05, 3.63) is 0 Å². The van der Waals surface area contributed by atoms with E-state index in [2.05, 4.69) is 20.1 Å². The van der Waals surface area contributed by atoms with E-state index in [1.54, 1.807) is 0 Å². The highest BCUT2D eigenvalue weighted by molar-refractivity contribution is 7.98. The molecule has 11 heavy (non-hydrogen) atoms. The van der Waals surface area contributed by atoms with E-state index in [0.29, 0.717) is 0 Å². The van der Waals surface area contributed by atoms with Gasteiger partial charge in [-0.3, -0.25) is 0 Å². The number of hydrogen-bond donors (Lipinski definition) is 0. The lowest BCUT2D eigenvalue weighted by molar-refractivity contribution is 0.143. The summed E-state index contributed by atoms with van der Waals surface area (Å²) in [5.74, 6) is 1.95. The predicted octanol–water partition coefficient (Wildman–Crippen LogP) is 2.80. The van der Waals surface area contributed by atoms with Crippen LogP contribution in [0, 0.1) is 5.92 Å². The van der Waals surface area contributed by atoms with Gasteiger partial charge in [0.25, 0.3) is 0 Å². The molecule has 0 spiro atoms. The van der Waals surface area contributed by atoms with Crippen LogP contribution in [0.25, 0.3) is 0 Å². The normalized spacial score (nSPS) is 10.9. The monoisotopic (exact) mass is 176 g/mol.